The van der Waals surface area contributed by atoms with Crippen LogP contribution in [-0.2, 0) is 25.9 Å². The van der Waals surface area contributed by atoms with E-state index in [1.807, 2.05) is 6.33 Å². The standard InChI is InChI=1S/C15H19N5/c16-10-15(7-12-3-1-2-4-13(12)8-15)20-6-5-19-11-17-18-14(19)9-20/h1-4,11H,5-10,16H2. The van der Waals surface area contributed by atoms with Crippen molar-refractivity contribution in [2.75, 3.05) is 13.1 Å². The van der Waals surface area contributed by atoms with Crippen LogP contribution in [0.25, 0.3) is 0 Å². The molecule has 0 saturated heterocycles. The fourth-order valence-corrected chi connectivity index (χ4v) is 3.64. The summed E-state index contributed by atoms with van der Waals surface area (Å²) >= 11 is 0. The van der Waals surface area contributed by atoms with Gasteiger partial charge in [-0.05, 0) is 24.0 Å². The van der Waals surface area contributed by atoms with Crippen molar-refractivity contribution in [1.82, 2.24) is 19.7 Å². The van der Waals surface area contributed by atoms with Gasteiger partial charge in [0.25, 0.3) is 0 Å². The first-order chi connectivity index (χ1) is 9.81. The van der Waals surface area contributed by atoms with Gasteiger partial charge in [0.1, 0.15) is 12.2 Å². The van der Waals surface area contributed by atoms with E-state index in [0.29, 0.717) is 6.54 Å². The van der Waals surface area contributed by atoms with E-state index in [4.69, 9.17) is 5.73 Å². The Morgan fingerprint density at radius 2 is 1.90 bits per heavy atom. The van der Waals surface area contributed by atoms with Crippen molar-refractivity contribution in [1.29, 1.82) is 0 Å². The van der Waals surface area contributed by atoms with Gasteiger partial charge in [0, 0.05) is 25.2 Å². The van der Waals surface area contributed by atoms with Gasteiger partial charge in [-0.3, -0.25) is 4.90 Å². The van der Waals surface area contributed by atoms with Gasteiger partial charge in [-0.15, -0.1) is 10.2 Å². The second-order valence-corrected chi connectivity index (χ2v) is 5.91. The van der Waals surface area contributed by atoms with E-state index >= 15 is 0 Å². The Balaban J connectivity index is 1.65. The van der Waals surface area contributed by atoms with Crippen LogP contribution in [-0.4, -0.2) is 38.3 Å². The highest BCUT2D eigenvalue weighted by molar-refractivity contribution is 5.36. The Hall–Kier alpha value is -1.72. The first kappa shape index (κ1) is 12.1. The van der Waals surface area contributed by atoms with Crippen LogP contribution in [0.5, 0.6) is 0 Å². The average Bonchev–Trinajstić information content (AvgIpc) is 3.10. The molecular formula is C15H19N5. The highest BCUT2D eigenvalue weighted by atomic mass is 15.3. The summed E-state index contributed by atoms with van der Waals surface area (Å²) in [5.74, 6) is 1.06. The fraction of sp³-hybridized carbons (Fsp3) is 0.467. The summed E-state index contributed by atoms with van der Waals surface area (Å²) in [6, 6.07) is 8.72. The second-order valence-electron chi connectivity index (χ2n) is 5.91. The molecule has 0 bridgehead atoms. The van der Waals surface area contributed by atoms with Gasteiger partial charge in [0.15, 0.2) is 0 Å². The second kappa shape index (κ2) is 4.40. The van der Waals surface area contributed by atoms with Crippen LogP contribution in [0.4, 0.5) is 0 Å². The first-order valence-corrected chi connectivity index (χ1v) is 7.19. The Kier molecular flexibility index (Phi) is 2.65. The Morgan fingerprint density at radius 3 is 2.60 bits per heavy atom. The number of rotatable bonds is 2. The third-order valence-corrected chi connectivity index (χ3v) is 4.85. The van der Waals surface area contributed by atoms with Crippen LogP contribution in [0, 0.1) is 0 Å². The van der Waals surface area contributed by atoms with E-state index in [1.54, 1.807) is 0 Å². The summed E-state index contributed by atoms with van der Waals surface area (Å²) in [7, 11) is 0. The predicted molar refractivity (Wildman–Crippen MR) is 76.1 cm³/mol. The van der Waals surface area contributed by atoms with Crippen molar-refractivity contribution in [3.8, 4) is 0 Å². The molecule has 5 nitrogen and oxygen atoms in total. The smallest absolute Gasteiger partial charge is 0.147 e. The Labute approximate surface area is 118 Å². The molecule has 1 aromatic carbocycles. The third kappa shape index (κ3) is 1.70. The van der Waals surface area contributed by atoms with Gasteiger partial charge in [0.05, 0.1) is 6.54 Å². The Morgan fingerprint density at radius 1 is 1.15 bits per heavy atom. The average molecular weight is 269 g/mol. The minimum absolute atomic E-state index is 0.0564. The summed E-state index contributed by atoms with van der Waals surface area (Å²) in [5, 5.41) is 8.23. The summed E-state index contributed by atoms with van der Waals surface area (Å²) in [4.78, 5) is 2.51. The maximum atomic E-state index is 6.19. The van der Waals surface area contributed by atoms with Crippen LogP contribution < -0.4 is 5.73 Å². The Bertz CT molecular complexity index is 608. The highest BCUT2D eigenvalue weighted by Gasteiger charge is 2.42. The maximum absolute atomic E-state index is 6.19. The van der Waals surface area contributed by atoms with Crippen LogP contribution in [0.3, 0.4) is 0 Å². The zero-order valence-electron chi connectivity index (χ0n) is 11.5. The van der Waals surface area contributed by atoms with Gasteiger partial charge >= 0.3 is 0 Å². The monoisotopic (exact) mass is 269 g/mol. The van der Waals surface area contributed by atoms with Crippen LogP contribution in [0.15, 0.2) is 30.6 Å². The molecule has 0 spiro atoms. The summed E-state index contributed by atoms with van der Waals surface area (Å²) in [6.07, 6.45) is 3.92. The molecule has 104 valence electrons. The zero-order valence-corrected chi connectivity index (χ0v) is 11.5. The lowest BCUT2D eigenvalue weighted by molar-refractivity contribution is 0.0705. The SMILES string of the molecule is NCC1(N2CCn3cnnc3C2)Cc2ccccc2C1. The molecule has 0 radical (unpaired) electrons. The number of hydrogen-bond donors (Lipinski definition) is 1. The molecule has 0 saturated carbocycles. The molecule has 2 aliphatic rings. The van der Waals surface area contributed by atoms with Crippen molar-refractivity contribution in [3.63, 3.8) is 0 Å². The molecule has 1 aliphatic carbocycles. The van der Waals surface area contributed by atoms with E-state index in [2.05, 4.69) is 43.9 Å². The summed E-state index contributed by atoms with van der Waals surface area (Å²) in [5.41, 5.74) is 9.14. The third-order valence-electron chi connectivity index (χ3n) is 4.85. The molecule has 0 amide bonds. The van der Waals surface area contributed by atoms with Gasteiger partial charge in [-0.25, -0.2) is 0 Å². The lowest BCUT2D eigenvalue weighted by atomic mass is 9.92. The number of fused-ring (bicyclic) bond motifs is 2. The van der Waals surface area contributed by atoms with Crippen LogP contribution in [0.2, 0.25) is 0 Å². The van der Waals surface area contributed by atoms with Crippen molar-refractivity contribution in [3.05, 3.63) is 47.5 Å². The molecule has 2 aromatic rings. The van der Waals surface area contributed by atoms with Crippen molar-refractivity contribution in [2.45, 2.75) is 31.5 Å². The van der Waals surface area contributed by atoms with Gasteiger partial charge in [-0.1, -0.05) is 24.3 Å². The van der Waals surface area contributed by atoms with E-state index in [-0.39, 0.29) is 5.54 Å². The van der Waals surface area contributed by atoms with Crippen LogP contribution >= 0.6 is 0 Å². The van der Waals surface area contributed by atoms with E-state index in [0.717, 1.165) is 38.3 Å². The van der Waals surface area contributed by atoms with Crippen molar-refractivity contribution >= 4 is 0 Å². The summed E-state index contributed by atoms with van der Waals surface area (Å²) in [6.45, 7) is 3.53. The molecule has 1 aromatic heterocycles. The molecule has 2 N–H and O–H groups in total. The van der Waals surface area contributed by atoms with E-state index in [9.17, 15) is 0 Å². The molecule has 1 aliphatic heterocycles. The minimum atomic E-state index is 0.0564. The van der Waals surface area contributed by atoms with E-state index in [1.165, 1.54) is 11.1 Å². The number of nitrogens with two attached hydrogens (primary N) is 1. The van der Waals surface area contributed by atoms with Gasteiger partial charge in [-0.2, -0.15) is 0 Å². The molecule has 20 heavy (non-hydrogen) atoms. The number of hydrogen-bond acceptors (Lipinski definition) is 4. The van der Waals surface area contributed by atoms with Gasteiger partial charge in [0.2, 0.25) is 0 Å². The summed E-state index contributed by atoms with van der Waals surface area (Å²) < 4.78 is 2.14. The normalized spacial score (nSPS) is 20.6. The number of aromatic nitrogens is 3. The molecule has 4 rings (SSSR count). The quantitative estimate of drug-likeness (QED) is 0.867. The fourth-order valence-electron chi connectivity index (χ4n) is 3.64. The van der Waals surface area contributed by atoms with Crippen molar-refractivity contribution in [2.24, 2.45) is 5.73 Å². The largest absolute Gasteiger partial charge is 0.329 e. The first-order valence-electron chi connectivity index (χ1n) is 7.19. The number of benzene rings is 1. The van der Waals surface area contributed by atoms with Gasteiger partial charge < -0.3 is 10.3 Å². The highest BCUT2D eigenvalue weighted by Crippen LogP contribution is 2.35. The molecular weight excluding hydrogens is 250 g/mol. The number of nitrogens with zero attached hydrogens (tertiary/aromatic N) is 4. The maximum Gasteiger partial charge on any atom is 0.147 e. The molecule has 2 heterocycles. The van der Waals surface area contributed by atoms with Crippen molar-refractivity contribution < 1.29 is 0 Å². The molecule has 0 fully saturated rings. The molecule has 5 heteroatoms. The lowest BCUT2D eigenvalue weighted by Crippen LogP contribution is -2.56. The topological polar surface area (TPSA) is 60.0 Å². The van der Waals surface area contributed by atoms with Crippen LogP contribution in [0.1, 0.15) is 17.0 Å². The zero-order chi connectivity index (χ0) is 13.6. The molecule has 0 atom stereocenters. The predicted octanol–water partition coefficient (Wildman–Crippen LogP) is 0.590. The lowest BCUT2D eigenvalue weighted by Gasteiger charge is -2.42. The molecule has 0 unspecified atom stereocenters. The van der Waals surface area contributed by atoms with E-state index < -0.39 is 0 Å². The minimum Gasteiger partial charge on any atom is -0.329 e.